The number of hydrogen-bond acceptors (Lipinski definition) is 2. The van der Waals surface area contributed by atoms with Crippen molar-refractivity contribution in [2.45, 2.75) is 26.7 Å². The summed E-state index contributed by atoms with van der Waals surface area (Å²) in [5.74, 6) is 0.695. The van der Waals surface area contributed by atoms with Crippen LogP contribution in [0.3, 0.4) is 0 Å². The van der Waals surface area contributed by atoms with Crippen LogP contribution in [0, 0.1) is 5.92 Å². The van der Waals surface area contributed by atoms with E-state index in [2.05, 4.69) is 24.9 Å². The monoisotopic (exact) mass is 179 g/mol. The second kappa shape index (κ2) is 3.02. The third-order valence-electron chi connectivity index (χ3n) is 2.38. The molecule has 0 N–H and O–H groups in total. The summed E-state index contributed by atoms with van der Waals surface area (Å²) < 4.78 is 0. The first-order valence-corrected chi connectivity index (χ1v) is 5.28. The van der Waals surface area contributed by atoms with Gasteiger partial charge in [0.1, 0.15) is 0 Å². The average molecular weight is 179 g/mol. The van der Waals surface area contributed by atoms with Crippen molar-refractivity contribution < 1.29 is 0 Å². The van der Waals surface area contributed by atoms with Crippen molar-refractivity contribution in [1.29, 1.82) is 0 Å². The molecule has 0 aliphatic heterocycles. The molecule has 0 radical (unpaired) electrons. The van der Waals surface area contributed by atoms with Gasteiger partial charge in [-0.15, -0.1) is 11.3 Å². The maximum atomic E-state index is 4.32. The number of allylic oxidation sites excluding steroid dienone is 1. The number of aryl methyl sites for hydroxylation is 1. The fourth-order valence-electron chi connectivity index (χ4n) is 1.54. The topological polar surface area (TPSA) is 12.9 Å². The molecule has 1 aliphatic carbocycles. The molecule has 1 heterocycles. The van der Waals surface area contributed by atoms with Crippen LogP contribution < -0.4 is 0 Å². The van der Waals surface area contributed by atoms with Crippen LogP contribution >= 0.6 is 11.3 Å². The molecule has 2 rings (SSSR count). The van der Waals surface area contributed by atoms with Crippen molar-refractivity contribution in [3.05, 3.63) is 21.7 Å². The Labute approximate surface area is 77.2 Å². The third kappa shape index (κ3) is 1.31. The number of thiazole rings is 1. The summed E-state index contributed by atoms with van der Waals surface area (Å²) >= 11 is 1.76. The molecular formula is C10H13NS. The Kier molecular flexibility index (Phi) is 2.01. The molecule has 1 nitrogen and oxygen atoms in total. The van der Waals surface area contributed by atoms with E-state index in [0.717, 1.165) is 6.42 Å². The summed E-state index contributed by atoms with van der Waals surface area (Å²) in [6, 6.07) is 0. The molecule has 2 heteroatoms. The number of aromatic nitrogens is 1. The van der Waals surface area contributed by atoms with E-state index in [0.29, 0.717) is 5.92 Å². The SMILES string of the molecule is CC(C)C1=Cc2scnc2CC1. The molecule has 0 atom stereocenters. The second-order valence-corrected chi connectivity index (χ2v) is 4.42. The number of nitrogens with zero attached hydrogens (tertiary/aromatic N) is 1. The van der Waals surface area contributed by atoms with E-state index >= 15 is 0 Å². The average Bonchev–Trinajstić information content (AvgIpc) is 2.49. The largest absolute Gasteiger partial charge is 0.249 e. The van der Waals surface area contributed by atoms with Gasteiger partial charge in [0.15, 0.2) is 0 Å². The van der Waals surface area contributed by atoms with Gasteiger partial charge in [-0.25, -0.2) is 4.98 Å². The number of rotatable bonds is 1. The second-order valence-electron chi connectivity index (χ2n) is 3.54. The van der Waals surface area contributed by atoms with Gasteiger partial charge < -0.3 is 0 Å². The molecule has 0 fully saturated rings. The molecule has 0 amide bonds. The minimum absolute atomic E-state index is 0.695. The Morgan fingerprint density at radius 2 is 2.25 bits per heavy atom. The van der Waals surface area contributed by atoms with E-state index < -0.39 is 0 Å². The van der Waals surface area contributed by atoms with E-state index in [-0.39, 0.29) is 0 Å². The zero-order valence-corrected chi connectivity index (χ0v) is 8.32. The predicted octanol–water partition coefficient (Wildman–Crippen LogP) is 3.13. The standard InChI is InChI=1S/C10H13NS/c1-7(2)8-3-4-9-10(5-8)12-6-11-9/h5-7H,3-4H2,1-2H3. The zero-order valence-electron chi connectivity index (χ0n) is 7.50. The van der Waals surface area contributed by atoms with Gasteiger partial charge in [-0.3, -0.25) is 0 Å². The smallest absolute Gasteiger partial charge is 0.0801 e. The molecule has 0 unspecified atom stereocenters. The van der Waals surface area contributed by atoms with Crippen molar-refractivity contribution in [3.63, 3.8) is 0 Å². The molecule has 1 aromatic rings. The van der Waals surface area contributed by atoms with Crippen molar-refractivity contribution >= 4 is 17.4 Å². The van der Waals surface area contributed by atoms with Crippen LogP contribution in [0.2, 0.25) is 0 Å². The van der Waals surface area contributed by atoms with Crippen molar-refractivity contribution in [2.75, 3.05) is 0 Å². The first kappa shape index (κ1) is 7.99. The molecule has 0 saturated carbocycles. The maximum absolute atomic E-state index is 4.32. The fraction of sp³-hybridized carbons (Fsp3) is 0.500. The highest BCUT2D eigenvalue weighted by Crippen LogP contribution is 2.29. The molecule has 1 aromatic heterocycles. The predicted molar refractivity (Wildman–Crippen MR) is 53.3 cm³/mol. The highest BCUT2D eigenvalue weighted by molar-refractivity contribution is 7.10. The van der Waals surface area contributed by atoms with Gasteiger partial charge in [0, 0.05) is 0 Å². The summed E-state index contributed by atoms with van der Waals surface area (Å²) in [7, 11) is 0. The Bertz CT molecular complexity index is 309. The van der Waals surface area contributed by atoms with Crippen LogP contribution in [0.4, 0.5) is 0 Å². The van der Waals surface area contributed by atoms with Crippen molar-refractivity contribution in [2.24, 2.45) is 5.92 Å². The Balaban J connectivity index is 2.35. The lowest BCUT2D eigenvalue weighted by Crippen LogP contribution is -2.02. The quantitative estimate of drug-likeness (QED) is 0.645. The van der Waals surface area contributed by atoms with E-state index in [1.165, 1.54) is 17.0 Å². The fourth-order valence-corrected chi connectivity index (χ4v) is 2.35. The van der Waals surface area contributed by atoms with E-state index in [9.17, 15) is 0 Å². The first-order valence-electron chi connectivity index (χ1n) is 4.40. The normalized spacial score (nSPS) is 16.1. The summed E-state index contributed by atoms with van der Waals surface area (Å²) in [5, 5.41) is 0. The van der Waals surface area contributed by atoms with Crippen LogP contribution in [-0.2, 0) is 6.42 Å². The van der Waals surface area contributed by atoms with Crippen molar-refractivity contribution in [3.8, 4) is 0 Å². The van der Waals surface area contributed by atoms with E-state index in [1.54, 1.807) is 16.9 Å². The van der Waals surface area contributed by atoms with E-state index in [1.807, 2.05) is 5.51 Å². The van der Waals surface area contributed by atoms with Gasteiger partial charge in [0.25, 0.3) is 0 Å². The van der Waals surface area contributed by atoms with Gasteiger partial charge >= 0.3 is 0 Å². The molecular weight excluding hydrogens is 166 g/mol. The van der Waals surface area contributed by atoms with Crippen LogP contribution in [0.1, 0.15) is 30.8 Å². The highest BCUT2D eigenvalue weighted by Gasteiger charge is 2.13. The summed E-state index contributed by atoms with van der Waals surface area (Å²) in [4.78, 5) is 5.70. The zero-order chi connectivity index (χ0) is 8.55. The summed E-state index contributed by atoms with van der Waals surface area (Å²) in [5.41, 5.74) is 4.82. The lowest BCUT2D eigenvalue weighted by Gasteiger charge is -2.15. The Hall–Kier alpha value is -0.630. The summed E-state index contributed by atoms with van der Waals surface area (Å²) in [6.45, 7) is 4.52. The van der Waals surface area contributed by atoms with Crippen LogP contribution in [-0.4, -0.2) is 4.98 Å². The highest BCUT2D eigenvalue weighted by atomic mass is 32.1. The number of fused-ring (bicyclic) bond motifs is 1. The first-order chi connectivity index (χ1) is 5.77. The molecule has 0 aromatic carbocycles. The minimum Gasteiger partial charge on any atom is -0.249 e. The van der Waals surface area contributed by atoms with E-state index in [4.69, 9.17) is 0 Å². The van der Waals surface area contributed by atoms with Crippen LogP contribution in [0.5, 0.6) is 0 Å². The molecule has 1 aliphatic rings. The van der Waals surface area contributed by atoms with Gasteiger partial charge in [0.2, 0.25) is 0 Å². The number of hydrogen-bond donors (Lipinski definition) is 0. The molecule has 0 saturated heterocycles. The van der Waals surface area contributed by atoms with Crippen LogP contribution in [0.15, 0.2) is 11.1 Å². The molecule has 0 spiro atoms. The Morgan fingerprint density at radius 3 is 3.00 bits per heavy atom. The van der Waals surface area contributed by atoms with Crippen molar-refractivity contribution in [1.82, 2.24) is 4.98 Å². The van der Waals surface area contributed by atoms with Gasteiger partial charge in [-0.2, -0.15) is 0 Å². The third-order valence-corrected chi connectivity index (χ3v) is 3.20. The summed E-state index contributed by atoms with van der Waals surface area (Å²) in [6.07, 6.45) is 4.67. The van der Waals surface area contributed by atoms with Gasteiger partial charge in [0.05, 0.1) is 16.1 Å². The Morgan fingerprint density at radius 1 is 1.42 bits per heavy atom. The molecule has 0 bridgehead atoms. The van der Waals surface area contributed by atoms with Gasteiger partial charge in [-0.1, -0.05) is 19.4 Å². The van der Waals surface area contributed by atoms with Crippen LogP contribution in [0.25, 0.3) is 6.08 Å². The lowest BCUT2D eigenvalue weighted by atomic mass is 9.93. The van der Waals surface area contributed by atoms with Gasteiger partial charge in [-0.05, 0) is 24.8 Å². The molecule has 12 heavy (non-hydrogen) atoms. The molecule has 64 valence electrons. The maximum Gasteiger partial charge on any atom is 0.0801 e. The lowest BCUT2D eigenvalue weighted by molar-refractivity contribution is 0.705. The minimum atomic E-state index is 0.695.